The van der Waals surface area contributed by atoms with Crippen molar-refractivity contribution in [3.05, 3.63) is 77.5 Å². The molecule has 0 aliphatic heterocycles. The van der Waals surface area contributed by atoms with Gasteiger partial charge in [0.2, 0.25) is 0 Å². The van der Waals surface area contributed by atoms with Crippen molar-refractivity contribution in [2.45, 2.75) is 13.0 Å². The van der Waals surface area contributed by atoms with Crippen LogP contribution in [0.15, 0.2) is 60.7 Å². The predicted octanol–water partition coefficient (Wildman–Crippen LogP) is 4.69. The fourth-order valence-corrected chi connectivity index (χ4v) is 3.62. The second-order valence-electron chi connectivity index (χ2n) is 6.09. The molecule has 4 rings (SSSR count). The van der Waals surface area contributed by atoms with E-state index in [-0.39, 0.29) is 6.04 Å². The van der Waals surface area contributed by atoms with Crippen molar-refractivity contribution in [3.8, 4) is 5.75 Å². The van der Waals surface area contributed by atoms with Crippen LogP contribution in [0.5, 0.6) is 5.75 Å². The molecule has 0 aliphatic rings. The fourth-order valence-electron chi connectivity index (χ4n) is 3.62. The van der Waals surface area contributed by atoms with Gasteiger partial charge in [0.1, 0.15) is 5.75 Å². The van der Waals surface area contributed by atoms with Crippen molar-refractivity contribution in [3.63, 3.8) is 0 Å². The minimum absolute atomic E-state index is 0.262. The summed E-state index contributed by atoms with van der Waals surface area (Å²) in [4.78, 5) is 3.44. The fraction of sp³-hybridized carbons (Fsp3) is 0.143. The molecular weight excluding hydrogens is 296 g/mol. The Morgan fingerprint density at radius 2 is 1.58 bits per heavy atom. The second kappa shape index (κ2) is 5.69. The number of aromatic amines is 1. The summed E-state index contributed by atoms with van der Waals surface area (Å²) in [6.07, 6.45) is 0. The maximum atomic E-state index is 6.77. The Hall–Kier alpha value is -2.78. The highest BCUT2D eigenvalue weighted by Gasteiger charge is 2.22. The predicted molar refractivity (Wildman–Crippen MR) is 99.6 cm³/mol. The van der Waals surface area contributed by atoms with Crippen LogP contribution in [0.3, 0.4) is 0 Å². The van der Waals surface area contributed by atoms with Gasteiger partial charge in [0.05, 0.1) is 13.2 Å². The minimum Gasteiger partial charge on any atom is -0.496 e. The van der Waals surface area contributed by atoms with Crippen molar-refractivity contribution in [1.29, 1.82) is 0 Å². The number of fused-ring (bicyclic) bond motifs is 2. The lowest BCUT2D eigenvalue weighted by Crippen LogP contribution is -2.14. The molecule has 0 fully saturated rings. The van der Waals surface area contributed by atoms with Crippen molar-refractivity contribution >= 4 is 21.7 Å². The van der Waals surface area contributed by atoms with E-state index in [0.29, 0.717) is 0 Å². The zero-order valence-corrected chi connectivity index (χ0v) is 13.8. The number of aryl methyl sites for hydroxylation is 1. The number of nitrogens with two attached hydrogens (primary N) is 1. The van der Waals surface area contributed by atoms with Crippen LogP contribution in [0, 0.1) is 6.92 Å². The van der Waals surface area contributed by atoms with E-state index in [4.69, 9.17) is 10.5 Å². The Bertz CT molecular complexity index is 1030. The Morgan fingerprint density at radius 3 is 2.38 bits per heavy atom. The minimum atomic E-state index is -0.262. The van der Waals surface area contributed by atoms with Gasteiger partial charge < -0.3 is 15.5 Å². The molecule has 0 aliphatic carbocycles. The SMILES string of the molecule is COc1ccc2ccccc2c1C(N)c1c(C)[nH]c2ccccc12. The van der Waals surface area contributed by atoms with E-state index in [0.717, 1.165) is 38.9 Å². The van der Waals surface area contributed by atoms with Crippen LogP contribution in [0.2, 0.25) is 0 Å². The van der Waals surface area contributed by atoms with Gasteiger partial charge in [-0.25, -0.2) is 0 Å². The van der Waals surface area contributed by atoms with Gasteiger partial charge in [0.25, 0.3) is 0 Å². The maximum absolute atomic E-state index is 6.77. The maximum Gasteiger partial charge on any atom is 0.124 e. The van der Waals surface area contributed by atoms with Crippen LogP contribution < -0.4 is 10.5 Å². The summed E-state index contributed by atoms with van der Waals surface area (Å²) in [6, 6.07) is 20.4. The van der Waals surface area contributed by atoms with Crippen molar-refractivity contribution in [2.24, 2.45) is 5.73 Å². The molecule has 24 heavy (non-hydrogen) atoms. The lowest BCUT2D eigenvalue weighted by Gasteiger charge is -2.19. The molecule has 3 heteroatoms. The number of hydrogen-bond acceptors (Lipinski definition) is 2. The third-order valence-corrected chi connectivity index (χ3v) is 4.72. The van der Waals surface area contributed by atoms with Gasteiger partial charge >= 0.3 is 0 Å². The summed E-state index contributed by atoms with van der Waals surface area (Å²) >= 11 is 0. The molecule has 3 N–H and O–H groups in total. The molecule has 4 aromatic rings. The highest BCUT2D eigenvalue weighted by atomic mass is 16.5. The smallest absolute Gasteiger partial charge is 0.124 e. The van der Waals surface area contributed by atoms with Gasteiger partial charge in [-0.2, -0.15) is 0 Å². The van der Waals surface area contributed by atoms with Gasteiger partial charge in [0.15, 0.2) is 0 Å². The summed E-state index contributed by atoms with van der Waals surface area (Å²) in [5, 5.41) is 3.47. The summed E-state index contributed by atoms with van der Waals surface area (Å²) < 4.78 is 5.63. The second-order valence-corrected chi connectivity index (χ2v) is 6.09. The molecule has 1 aromatic heterocycles. The number of benzene rings is 3. The zero-order valence-electron chi connectivity index (χ0n) is 13.8. The molecule has 0 spiro atoms. The third-order valence-electron chi connectivity index (χ3n) is 4.72. The van der Waals surface area contributed by atoms with E-state index < -0.39 is 0 Å². The third kappa shape index (κ3) is 2.17. The highest BCUT2D eigenvalue weighted by Crippen LogP contribution is 2.38. The summed E-state index contributed by atoms with van der Waals surface area (Å²) in [5.74, 6) is 0.825. The number of ether oxygens (including phenoxy) is 1. The first-order valence-electron chi connectivity index (χ1n) is 8.09. The summed E-state index contributed by atoms with van der Waals surface area (Å²) in [5.41, 5.74) is 11.1. The molecule has 0 bridgehead atoms. The van der Waals surface area contributed by atoms with Crippen molar-refractivity contribution < 1.29 is 4.74 Å². The summed E-state index contributed by atoms with van der Waals surface area (Å²) in [7, 11) is 1.70. The monoisotopic (exact) mass is 316 g/mol. The Morgan fingerprint density at radius 1 is 0.875 bits per heavy atom. The molecule has 0 radical (unpaired) electrons. The van der Waals surface area contributed by atoms with E-state index in [1.165, 1.54) is 5.39 Å². The topological polar surface area (TPSA) is 51.0 Å². The van der Waals surface area contributed by atoms with Crippen LogP contribution in [-0.2, 0) is 0 Å². The number of methoxy groups -OCH3 is 1. The molecule has 1 unspecified atom stereocenters. The molecule has 120 valence electrons. The van der Waals surface area contributed by atoms with Gasteiger partial charge in [0, 0.05) is 27.7 Å². The van der Waals surface area contributed by atoms with Gasteiger partial charge in [-0.15, -0.1) is 0 Å². The average Bonchev–Trinajstić information content (AvgIpc) is 2.95. The Kier molecular flexibility index (Phi) is 3.51. The average molecular weight is 316 g/mol. The Balaban J connectivity index is 2.01. The molecule has 1 heterocycles. The van der Waals surface area contributed by atoms with Crippen LogP contribution in [0.4, 0.5) is 0 Å². The molecule has 3 nitrogen and oxygen atoms in total. The van der Waals surface area contributed by atoms with Crippen LogP contribution >= 0.6 is 0 Å². The molecule has 0 saturated heterocycles. The molecule has 3 aromatic carbocycles. The standard InChI is InChI=1S/C21H20N2O/c1-13-19(16-9-5-6-10-17(16)23-13)21(22)20-15-8-4-3-7-14(15)11-12-18(20)24-2/h3-12,21,23H,22H2,1-2H3. The summed E-state index contributed by atoms with van der Waals surface area (Å²) in [6.45, 7) is 2.08. The van der Waals surface area contributed by atoms with E-state index >= 15 is 0 Å². The Labute approximate surface area is 141 Å². The van der Waals surface area contributed by atoms with E-state index in [1.54, 1.807) is 7.11 Å². The van der Waals surface area contributed by atoms with Crippen LogP contribution in [0.25, 0.3) is 21.7 Å². The van der Waals surface area contributed by atoms with E-state index in [1.807, 2.05) is 30.3 Å². The van der Waals surface area contributed by atoms with Crippen molar-refractivity contribution in [1.82, 2.24) is 4.98 Å². The quantitative estimate of drug-likeness (QED) is 0.576. The first-order valence-corrected chi connectivity index (χ1v) is 8.09. The van der Waals surface area contributed by atoms with Gasteiger partial charge in [-0.05, 0) is 29.8 Å². The number of hydrogen-bond donors (Lipinski definition) is 2. The molecule has 0 saturated carbocycles. The molecule has 1 atom stereocenters. The largest absolute Gasteiger partial charge is 0.496 e. The first-order chi connectivity index (χ1) is 11.7. The van der Waals surface area contributed by atoms with Crippen molar-refractivity contribution in [2.75, 3.05) is 7.11 Å². The number of nitrogens with one attached hydrogen (secondary N) is 1. The van der Waals surface area contributed by atoms with Gasteiger partial charge in [-0.3, -0.25) is 0 Å². The lowest BCUT2D eigenvalue weighted by molar-refractivity contribution is 0.409. The number of aromatic nitrogens is 1. The number of para-hydroxylation sites is 1. The number of H-pyrrole nitrogens is 1. The lowest BCUT2D eigenvalue weighted by atomic mass is 9.92. The molecule has 0 amide bonds. The van der Waals surface area contributed by atoms with E-state index in [9.17, 15) is 0 Å². The number of rotatable bonds is 3. The zero-order chi connectivity index (χ0) is 16.7. The first kappa shape index (κ1) is 14.8. The van der Waals surface area contributed by atoms with Crippen LogP contribution in [-0.4, -0.2) is 12.1 Å². The van der Waals surface area contributed by atoms with Crippen LogP contribution in [0.1, 0.15) is 22.9 Å². The normalized spacial score (nSPS) is 12.6. The molecular formula is C21H20N2O. The van der Waals surface area contributed by atoms with E-state index in [2.05, 4.69) is 42.2 Å². The van der Waals surface area contributed by atoms with Gasteiger partial charge in [-0.1, -0.05) is 48.5 Å². The highest BCUT2D eigenvalue weighted by molar-refractivity contribution is 5.91.